The number of ether oxygens (including phenoxy) is 2. The van der Waals surface area contributed by atoms with Crippen molar-refractivity contribution in [1.29, 1.82) is 0 Å². The van der Waals surface area contributed by atoms with Gasteiger partial charge in [-0.2, -0.15) is 0 Å². The van der Waals surface area contributed by atoms with E-state index in [0.29, 0.717) is 24.1 Å². The summed E-state index contributed by atoms with van der Waals surface area (Å²) in [5, 5.41) is 0. The molecule has 0 spiro atoms. The summed E-state index contributed by atoms with van der Waals surface area (Å²) in [5.74, 6) is -0.348. The molecule has 2 unspecified atom stereocenters. The van der Waals surface area contributed by atoms with E-state index in [1.807, 2.05) is 21.1 Å². The van der Waals surface area contributed by atoms with Crippen molar-refractivity contribution in [3.05, 3.63) is 72.9 Å². The second kappa shape index (κ2) is 32.2. The van der Waals surface area contributed by atoms with Crippen LogP contribution in [0.2, 0.25) is 0 Å². The van der Waals surface area contributed by atoms with Gasteiger partial charge in [0.25, 0.3) is 0 Å². The number of phosphoric ester groups is 1. The second-order valence-corrected chi connectivity index (χ2v) is 14.3. The molecule has 0 amide bonds. The van der Waals surface area contributed by atoms with Gasteiger partial charge in [-0.25, -0.2) is 4.57 Å². The van der Waals surface area contributed by atoms with Gasteiger partial charge in [0.2, 0.25) is 0 Å². The highest BCUT2D eigenvalue weighted by atomic mass is 31.2. The Hall–Kier alpha value is -2.06. The SMILES string of the molecule is CC/C=C\C/C=C\C/C=C\C/C=C\C/C=C\C/C=C\CCCOCC(COP(=O)(O)OCC[N+](C)(C)C)OC(=O)CCCCCCCC. The normalized spacial score (nSPS) is 14.9. The van der Waals surface area contributed by atoms with Crippen molar-refractivity contribution in [2.45, 2.75) is 116 Å². The first kappa shape index (κ1) is 45.9. The number of quaternary nitrogens is 1. The molecule has 0 aromatic rings. The van der Waals surface area contributed by atoms with Crippen molar-refractivity contribution in [3.8, 4) is 0 Å². The summed E-state index contributed by atoms with van der Waals surface area (Å²) in [4.78, 5) is 22.5. The van der Waals surface area contributed by atoms with E-state index in [9.17, 15) is 14.3 Å². The van der Waals surface area contributed by atoms with E-state index in [1.54, 1.807) is 0 Å². The summed E-state index contributed by atoms with van der Waals surface area (Å²) in [6.45, 7) is 5.24. The number of hydrogen-bond donors (Lipinski definition) is 1. The number of unbranched alkanes of at least 4 members (excludes halogenated alkanes) is 6. The fourth-order valence-corrected chi connectivity index (χ4v) is 4.95. The van der Waals surface area contributed by atoms with Gasteiger partial charge in [-0.3, -0.25) is 13.8 Å². The Morgan fingerprint density at radius 2 is 1.19 bits per heavy atom. The first-order valence-corrected chi connectivity index (χ1v) is 19.7. The number of carbonyl (C=O) groups excluding carboxylic acids is 1. The summed E-state index contributed by atoms with van der Waals surface area (Å²) in [5.41, 5.74) is 0. The molecule has 0 aliphatic heterocycles. The van der Waals surface area contributed by atoms with E-state index in [1.165, 1.54) is 19.3 Å². The first-order chi connectivity index (χ1) is 23.1. The van der Waals surface area contributed by atoms with Crippen molar-refractivity contribution in [2.75, 3.05) is 54.1 Å². The molecule has 0 rings (SSSR count). The number of nitrogens with zero attached hydrogens (tertiary/aromatic N) is 1. The first-order valence-electron chi connectivity index (χ1n) is 18.2. The van der Waals surface area contributed by atoms with Gasteiger partial charge in [0.15, 0.2) is 0 Å². The van der Waals surface area contributed by atoms with Gasteiger partial charge in [-0.1, -0.05) is 119 Å². The molecule has 0 aromatic heterocycles. The molecule has 1 N–H and O–H groups in total. The molecule has 0 saturated heterocycles. The summed E-state index contributed by atoms with van der Waals surface area (Å²) in [6.07, 6.45) is 39.7. The van der Waals surface area contributed by atoms with Crippen LogP contribution in [0.3, 0.4) is 0 Å². The molecule has 9 heteroatoms. The van der Waals surface area contributed by atoms with E-state index >= 15 is 0 Å². The third kappa shape index (κ3) is 35.3. The topological polar surface area (TPSA) is 91.3 Å². The number of carbonyl (C=O) groups is 1. The van der Waals surface area contributed by atoms with E-state index in [-0.39, 0.29) is 25.8 Å². The molecule has 0 saturated carbocycles. The Kier molecular flexibility index (Phi) is 30.8. The van der Waals surface area contributed by atoms with Crippen molar-refractivity contribution in [2.24, 2.45) is 0 Å². The molecule has 0 heterocycles. The Morgan fingerprint density at radius 3 is 1.73 bits per heavy atom. The fourth-order valence-electron chi connectivity index (χ4n) is 4.21. The molecule has 48 heavy (non-hydrogen) atoms. The summed E-state index contributed by atoms with van der Waals surface area (Å²) in [6, 6.07) is 0. The minimum atomic E-state index is -4.28. The predicted octanol–water partition coefficient (Wildman–Crippen LogP) is 9.98. The maximum Gasteiger partial charge on any atom is 0.472 e. The zero-order chi connectivity index (χ0) is 35.6. The Balaban J connectivity index is 4.32. The van der Waals surface area contributed by atoms with Crippen LogP contribution in [0.15, 0.2) is 72.9 Å². The average molecular weight is 695 g/mol. The second-order valence-electron chi connectivity index (χ2n) is 12.9. The van der Waals surface area contributed by atoms with Gasteiger partial charge in [0.05, 0.1) is 34.4 Å². The number of likely N-dealkylation sites (N-methyl/N-ethyl adjacent to an activating group) is 1. The van der Waals surface area contributed by atoms with Crippen LogP contribution in [-0.2, 0) is 27.9 Å². The van der Waals surface area contributed by atoms with Gasteiger partial charge < -0.3 is 18.9 Å². The highest BCUT2D eigenvalue weighted by Gasteiger charge is 2.26. The fraction of sp³-hybridized carbons (Fsp3) is 0.667. The standard InChI is InChI=1S/C39H68NO7P/c1-6-8-10-12-14-15-16-17-18-19-20-21-22-23-24-25-26-27-29-31-34-44-36-38(47-39(41)32-30-28-13-11-9-7-2)37-46-48(42,43)45-35-33-40(3,4)5/h8,10,14-15,17-18,20-21,23-24,26-27,38H,6-7,9,11-13,16,19,22,25,28-37H2,1-5H3/p+1/b10-8-,15-14-,18-17-,21-20-,24-23-,27-26-. The van der Waals surface area contributed by atoms with Crippen molar-refractivity contribution in [1.82, 2.24) is 0 Å². The van der Waals surface area contributed by atoms with E-state index in [0.717, 1.165) is 70.6 Å². The minimum absolute atomic E-state index is 0.0743. The largest absolute Gasteiger partial charge is 0.472 e. The quantitative estimate of drug-likeness (QED) is 0.0246. The molecule has 0 radical (unpaired) electrons. The van der Waals surface area contributed by atoms with Crippen LogP contribution < -0.4 is 0 Å². The van der Waals surface area contributed by atoms with Gasteiger partial charge >= 0.3 is 13.8 Å². The lowest BCUT2D eigenvalue weighted by atomic mass is 10.1. The molecule has 0 aliphatic carbocycles. The molecule has 276 valence electrons. The summed E-state index contributed by atoms with van der Waals surface area (Å²) >= 11 is 0. The zero-order valence-electron chi connectivity index (χ0n) is 30.9. The van der Waals surface area contributed by atoms with E-state index in [2.05, 4.69) is 86.8 Å². The van der Waals surface area contributed by atoms with Gasteiger partial charge in [-0.05, 0) is 57.8 Å². The highest BCUT2D eigenvalue weighted by molar-refractivity contribution is 7.47. The van der Waals surface area contributed by atoms with Gasteiger partial charge in [0.1, 0.15) is 19.3 Å². The smallest absolute Gasteiger partial charge is 0.457 e. The summed E-state index contributed by atoms with van der Waals surface area (Å²) < 4.78 is 34.5. The van der Waals surface area contributed by atoms with Crippen LogP contribution in [0, 0.1) is 0 Å². The van der Waals surface area contributed by atoms with Crippen molar-refractivity contribution >= 4 is 13.8 Å². The lowest BCUT2D eigenvalue weighted by Gasteiger charge is -2.24. The number of esters is 1. The number of allylic oxidation sites excluding steroid dienone is 12. The third-order valence-electron chi connectivity index (χ3n) is 7.03. The van der Waals surface area contributed by atoms with Crippen molar-refractivity contribution in [3.63, 3.8) is 0 Å². The molecule has 0 aromatic carbocycles. The lowest BCUT2D eigenvalue weighted by Crippen LogP contribution is -2.37. The lowest BCUT2D eigenvalue weighted by molar-refractivity contribution is -0.870. The maximum absolute atomic E-state index is 12.5. The molecular formula is C39H69NO7P+. The molecule has 0 fully saturated rings. The molecule has 0 bridgehead atoms. The summed E-state index contributed by atoms with van der Waals surface area (Å²) in [7, 11) is 1.61. The Morgan fingerprint density at radius 1 is 0.667 bits per heavy atom. The third-order valence-corrected chi connectivity index (χ3v) is 8.02. The van der Waals surface area contributed by atoms with Crippen LogP contribution in [0.4, 0.5) is 0 Å². The zero-order valence-corrected chi connectivity index (χ0v) is 31.8. The van der Waals surface area contributed by atoms with Crippen LogP contribution in [0.1, 0.15) is 110 Å². The van der Waals surface area contributed by atoms with E-state index in [4.69, 9.17) is 18.5 Å². The van der Waals surface area contributed by atoms with Crippen LogP contribution in [0.5, 0.6) is 0 Å². The maximum atomic E-state index is 12.5. The van der Waals surface area contributed by atoms with Crippen LogP contribution in [0.25, 0.3) is 0 Å². The molecule has 8 nitrogen and oxygen atoms in total. The van der Waals surface area contributed by atoms with Gasteiger partial charge in [0, 0.05) is 13.0 Å². The highest BCUT2D eigenvalue weighted by Crippen LogP contribution is 2.43. The minimum Gasteiger partial charge on any atom is -0.457 e. The Bertz CT molecular complexity index is 995. The van der Waals surface area contributed by atoms with Crippen molar-refractivity contribution < 1.29 is 37.3 Å². The van der Waals surface area contributed by atoms with E-state index < -0.39 is 13.9 Å². The van der Waals surface area contributed by atoms with Crippen LogP contribution >= 0.6 is 7.82 Å². The number of rotatable bonds is 32. The van der Waals surface area contributed by atoms with Gasteiger partial charge in [-0.15, -0.1) is 0 Å². The molecular weight excluding hydrogens is 625 g/mol. The number of phosphoric acid groups is 1. The Labute approximate surface area is 293 Å². The molecule has 2 atom stereocenters. The molecule has 0 aliphatic rings. The predicted molar refractivity (Wildman–Crippen MR) is 201 cm³/mol. The average Bonchev–Trinajstić information content (AvgIpc) is 3.03. The van der Waals surface area contributed by atoms with Crippen LogP contribution in [-0.4, -0.2) is 75.6 Å². The monoisotopic (exact) mass is 694 g/mol. The number of hydrogen-bond acceptors (Lipinski definition) is 6.